The molecule has 0 saturated heterocycles. The molecule has 70 valence electrons. The van der Waals surface area contributed by atoms with Gasteiger partial charge in [0.05, 0.1) is 5.37 Å². The van der Waals surface area contributed by atoms with Crippen LogP contribution in [0.2, 0.25) is 0 Å². The fraction of sp³-hybridized carbons (Fsp3) is 0.250. The average Bonchev–Trinajstić information content (AvgIpc) is 2.04. The lowest BCUT2D eigenvalue weighted by Gasteiger charge is -1.97. The van der Waals surface area contributed by atoms with Crippen molar-refractivity contribution in [2.45, 2.75) is 12.6 Å². The summed E-state index contributed by atoms with van der Waals surface area (Å²) in [5, 5.41) is 10.1. The Labute approximate surface area is 77.6 Å². The lowest BCUT2D eigenvalue weighted by Crippen LogP contribution is -2.39. The van der Waals surface area contributed by atoms with E-state index in [4.69, 9.17) is 0 Å². The van der Waals surface area contributed by atoms with E-state index in [0.717, 1.165) is 5.37 Å². The summed E-state index contributed by atoms with van der Waals surface area (Å²) in [4.78, 5) is 0. The van der Waals surface area contributed by atoms with Gasteiger partial charge in [-0.05, 0) is 0 Å². The third-order valence-electron chi connectivity index (χ3n) is 1.44. The molecule has 0 spiro atoms. The first-order valence-corrected chi connectivity index (χ1v) is 4.87. The second-order valence-corrected chi connectivity index (χ2v) is 3.33. The van der Waals surface area contributed by atoms with Crippen LogP contribution in [0.15, 0.2) is 30.6 Å². The number of aromatic nitrogens is 1. The number of rotatable bonds is 3. The van der Waals surface area contributed by atoms with Gasteiger partial charge < -0.3 is 5.11 Å². The first-order valence-electron chi connectivity index (χ1n) is 3.73. The summed E-state index contributed by atoms with van der Waals surface area (Å²) in [5.74, 6) is 0. The zero-order valence-corrected chi connectivity index (χ0v) is 7.68. The van der Waals surface area contributed by atoms with E-state index in [1.807, 2.05) is 6.07 Å². The zero-order valence-electron chi connectivity index (χ0n) is 6.87. The van der Waals surface area contributed by atoms with Crippen LogP contribution in [0.4, 0.5) is 0 Å². The van der Waals surface area contributed by atoms with Crippen LogP contribution in [-0.2, 0) is 16.8 Å². The van der Waals surface area contributed by atoms with Crippen LogP contribution in [0.25, 0.3) is 0 Å². The van der Waals surface area contributed by atoms with Crippen molar-refractivity contribution in [2.24, 2.45) is 0 Å². The lowest BCUT2D eigenvalue weighted by atomic mass is 10.4. The summed E-state index contributed by atoms with van der Waals surface area (Å²) in [6, 6.07) is 5.46. The maximum Gasteiger partial charge on any atom is 0.212 e. The van der Waals surface area contributed by atoms with E-state index in [1.54, 1.807) is 29.1 Å². The van der Waals surface area contributed by atoms with Crippen LogP contribution in [-0.4, -0.2) is 25.0 Å². The van der Waals surface area contributed by atoms with E-state index in [-0.39, 0.29) is 6.54 Å². The molecule has 4 nitrogen and oxygen atoms in total. The Hall–Kier alpha value is -1.20. The number of aliphatic hydroxyl groups excluding tert-OH is 1. The fourth-order valence-corrected chi connectivity index (χ4v) is 1.29. The van der Waals surface area contributed by atoms with Gasteiger partial charge in [-0.15, -0.1) is 0 Å². The van der Waals surface area contributed by atoms with Crippen LogP contribution in [0.5, 0.6) is 0 Å². The molecule has 1 rings (SSSR count). The monoisotopic (exact) mass is 200 g/mol. The van der Waals surface area contributed by atoms with E-state index in [2.05, 4.69) is 0 Å². The van der Waals surface area contributed by atoms with Crippen LogP contribution < -0.4 is 4.57 Å². The van der Waals surface area contributed by atoms with Crippen LogP contribution in [0.3, 0.4) is 0 Å². The molecule has 1 N–H and O–H groups in total. The topological polar surface area (TPSA) is 58.3 Å². The minimum absolute atomic E-state index is 0.245. The molecule has 1 unspecified atom stereocenters. The Bertz CT molecular complexity index is 377. The van der Waals surface area contributed by atoms with Gasteiger partial charge in [-0.3, -0.25) is 0 Å². The predicted octanol–water partition coefficient (Wildman–Crippen LogP) is -0.984. The Morgan fingerprint density at radius 1 is 1.31 bits per heavy atom. The van der Waals surface area contributed by atoms with E-state index in [1.165, 1.54) is 0 Å². The van der Waals surface area contributed by atoms with Crippen LogP contribution >= 0.6 is 0 Å². The van der Waals surface area contributed by atoms with Gasteiger partial charge in [0.25, 0.3) is 0 Å². The molecular weight excluding hydrogens is 190 g/mol. The summed E-state index contributed by atoms with van der Waals surface area (Å²) < 4.78 is 22.1. The standard InChI is InChI=1S/C8H10NO3S/c10-8(7-13(11)12)6-9-4-2-1-3-5-9/h1-5,7-8,10H,6H2/q+1. The highest BCUT2D eigenvalue weighted by Gasteiger charge is 2.06. The third-order valence-corrected chi connectivity index (χ3v) is 1.98. The van der Waals surface area contributed by atoms with Gasteiger partial charge in [0.1, 0.15) is 6.10 Å². The van der Waals surface area contributed by atoms with E-state index in [0.29, 0.717) is 0 Å². The Kier molecular flexibility index (Phi) is 3.60. The molecule has 0 fully saturated rings. The molecule has 0 saturated carbocycles. The highest BCUT2D eigenvalue weighted by Crippen LogP contribution is 1.80. The van der Waals surface area contributed by atoms with Gasteiger partial charge in [-0.2, -0.15) is 8.42 Å². The Morgan fingerprint density at radius 2 is 1.92 bits per heavy atom. The quantitative estimate of drug-likeness (QED) is 0.504. The molecular formula is C8H10NO3S+. The van der Waals surface area contributed by atoms with Gasteiger partial charge in [0, 0.05) is 12.1 Å². The molecule has 0 aliphatic carbocycles. The molecule has 0 aliphatic heterocycles. The van der Waals surface area contributed by atoms with Crippen molar-refractivity contribution in [3.63, 3.8) is 0 Å². The maximum atomic E-state index is 10.2. The van der Waals surface area contributed by atoms with Crippen molar-refractivity contribution in [1.29, 1.82) is 0 Å². The summed E-state index contributed by atoms with van der Waals surface area (Å²) >= 11 is 0. The molecule has 1 atom stereocenters. The largest absolute Gasteiger partial charge is 0.381 e. The van der Waals surface area contributed by atoms with Crippen LogP contribution in [0.1, 0.15) is 0 Å². The van der Waals surface area contributed by atoms with Crippen LogP contribution in [0, 0.1) is 0 Å². The average molecular weight is 200 g/mol. The summed E-state index contributed by atoms with van der Waals surface area (Å²) in [6.45, 7) is 0.245. The van der Waals surface area contributed by atoms with Crippen molar-refractivity contribution in [3.05, 3.63) is 30.6 Å². The summed E-state index contributed by atoms with van der Waals surface area (Å²) in [6.07, 6.45) is 2.54. The Balaban J connectivity index is 2.65. The Morgan fingerprint density at radius 3 is 2.46 bits per heavy atom. The second kappa shape index (κ2) is 4.74. The zero-order chi connectivity index (χ0) is 9.68. The van der Waals surface area contributed by atoms with Gasteiger partial charge in [-0.1, -0.05) is 6.07 Å². The summed E-state index contributed by atoms with van der Waals surface area (Å²) in [5.41, 5.74) is 0. The minimum Gasteiger partial charge on any atom is -0.381 e. The van der Waals surface area contributed by atoms with Gasteiger partial charge in [-0.25, -0.2) is 4.57 Å². The molecule has 1 aromatic rings. The predicted molar refractivity (Wildman–Crippen MR) is 47.6 cm³/mol. The second-order valence-electron chi connectivity index (χ2n) is 2.54. The van der Waals surface area contributed by atoms with E-state index < -0.39 is 16.4 Å². The summed E-state index contributed by atoms with van der Waals surface area (Å²) in [7, 11) is -2.31. The van der Waals surface area contributed by atoms with E-state index in [9.17, 15) is 13.5 Å². The van der Waals surface area contributed by atoms with Crippen molar-refractivity contribution in [2.75, 3.05) is 0 Å². The fourth-order valence-electron chi connectivity index (χ4n) is 0.943. The molecule has 1 heterocycles. The third kappa shape index (κ3) is 3.82. The number of pyridine rings is 1. The molecule has 5 heteroatoms. The number of hydrogen-bond acceptors (Lipinski definition) is 3. The molecule has 1 aromatic heterocycles. The molecule has 13 heavy (non-hydrogen) atoms. The number of nitrogens with zero attached hydrogens (tertiary/aromatic N) is 1. The van der Waals surface area contributed by atoms with Crippen molar-refractivity contribution in [1.82, 2.24) is 0 Å². The number of aliphatic hydroxyl groups is 1. The van der Waals surface area contributed by atoms with Gasteiger partial charge in [0.15, 0.2) is 18.9 Å². The smallest absolute Gasteiger partial charge is 0.212 e. The first-order chi connectivity index (χ1) is 6.18. The molecule has 0 aliphatic rings. The molecule has 0 bridgehead atoms. The highest BCUT2D eigenvalue weighted by molar-refractivity contribution is 7.71. The van der Waals surface area contributed by atoms with E-state index >= 15 is 0 Å². The maximum absolute atomic E-state index is 10.2. The molecule has 0 amide bonds. The van der Waals surface area contributed by atoms with Gasteiger partial charge in [0.2, 0.25) is 10.3 Å². The SMILES string of the molecule is O=S(=O)=CC(O)C[n+]1ccccc1. The normalized spacial score (nSPS) is 12.1. The molecule has 0 radical (unpaired) electrons. The van der Waals surface area contributed by atoms with Crippen molar-refractivity contribution in [3.8, 4) is 0 Å². The lowest BCUT2D eigenvalue weighted by molar-refractivity contribution is -0.701. The van der Waals surface area contributed by atoms with Crippen molar-refractivity contribution < 1.29 is 18.1 Å². The van der Waals surface area contributed by atoms with Gasteiger partial charge >= 0.3 is 0 Å². The number of hydrogen-bond donors (Lipinski definition) is 1. The highest BCUT2D eigenvalue weighted by atomic mass is 32.2. The molecule has 0 aromatic carbocycles. The first kappa shape index (κ1) is 9.88. The minimum atomic E-state index is -2.31. The van der Waals surface area contributed by atoms with Crippen molar-refractivity contribution >= 4 is 15.7 Å².